The highest BCUT2D eigenvalue weighted by Crippen LogP contribution is 2.27. The highest BCUT2D eigenvalue weighted by Gasteiger charge is 2.16. The summed E-state index contributed by atoms with van der Waals surface area (Å²) >= 11 is 0. The number of nitro benzene ring substituents is 1. The monoisotopic (exact) mass is 330 g/mol. The molecule has 2 unspecified atom stereocenters. The molecule has 0 heterocycles. The van der Waals surface area contributed by atoms with Gasteiger partial charge in [-0.05, 0) is 30.5 Å². The first-order valence-corrected chi connectivity index (χ1v) is 7.79. The smallest absolute Gasteiger partial charge is 0.311 e. The summed E-state index contributed by atoms with van der Waals surface area (Å²) in [6.45, 7) is 2.46. The highest BCUT2D eigenvalue weighted by atomic mass is 16.6. The largest absolute Gasteiger partial charge is 0.490 e. The summed E-state index contributed by atoms with van der Waals surface area (Å²) in [5.41, 5.74) is 1.63. The molecule has 0 saturated heterocycles. The Labute approximate surface area is 141 Å². The fraction of sp³-hybridized carbons (Fsp3) is 0.333. The van der Waals surface area contributed by atoms with Gasteiger partial charge in [0.25, 0.3) is 0 Å². The quantitative estimate of drug-likeness (QED) is 0.573. The maximum Gasteiger partial charge on any atom is 0.311 e. The third-order valence-electron chi connectivity index (χ3n) is 3.86. The zero-order chi connectivity index (χ0) is 17.5. The Balaban J connectivity index is 1.93. The van der Waals surface area contributed by atoms with E-state index in [1.54, 1.807) is 12.1 Å². The van der Waals surface area contributed by atoms with Crippen molar-refractivity contribution in [2.75, 3.05) is 7.11 Å². The first-order valence-electron chi connectivity index (χ1n) is 7.79. The molecule has 0 spiro atoms. The first-order chi connectivity index (χ1) is 11.5. The second kappa shape index (κ2) is 8.42. The molecule has 0 aromatic heterocycles. The predicted octanol–water partition coefficient (Wildman–Crippen LogP) is 3.21. The van der Waals surface area contributed by atoms with E-state index in [1.807, 2.05) is 37.3 Å². The van der Waals surface area contributed by atoms with Crippen LogP contribution in [-0.4, -0.2) is 23.2 Å². The van der Waals surface area contributed by atoms with E-state index in [-0.39, 0.29) is 17.5 Å². The Morgan fingerprint density at radius 1 is 1.25 bits per heavy atom. The Morgan fingerprint density at radius 2 is 1.96 bits per heavy atom. The van der Waals surface area contributed by atoms with Crippen molar-refractivity contribution in [1.82, 2.24) is 5.32 Å². The molecule has 2 atom stereocenters. The number of ether oxygens (including phenoxy) is 1. The number of nitrogens with zero attached hydrogens (tertiary/aromatic N) is 1. The fourth-order valence-corrected chi connectivity index (χ4v) is 2.51. The minimum Gasteiger partial charge on any atom is -0.490 e. The van der Waals surface area contributed by atoms with Gasteiger partial charge in [-0.1, -0.05) is 36.4 Å². The predicted molar refractivity (Wildman–Crippen MR) is 92.0 cm³/mol. The van der Waals surface area contributed by atoms with Crippen molar-refractivity contribution in [2.45, 2.75) is 32.0 Å². The molecule has 0 aliphatic rings. The molecular formula is C18H22N2O4. The van der Waals surface area contributed by atoms with E-state index >= 15 is 0 Å². The summed E-state index contributed by atoms with van der Waals surface area (Å²) in [5.74, 6) is 0.247. The Morgan fingerprint density at radius 3 is 2.58 bits per heavy atom. The molecule has 6 nitrogen and oxygen atoms in total. The van der Waals surface area contributed by atoms with E-state index in [1.165, 1.54) is 13.2 Å². The van der Waals surface area contributed by atoms with Crippen LogP contribution in [0.15, 0.2) is 48.5 Å². The summed E-state index contributed by atoms with van der Waals surface area (Å²) in [5, 5.41) is 24.6. The van der Waals surface area contributed by atoms with Crippen molar-refractivity contribution < 1.29 is 14.8 Å². The first kappa shape index (κ1) is 17.9. The molecule has 2 N–H and O–H groups in total. The maximum atomic E-state index is 11.0. The van der Waals surface area contributed by atoms with Gasteiger partial charge in [0.1, 0.15) is 0 Å². The van der Waals surface area contributed by atoms with Gasteiger partial charge in [0.05, 0.1) is 18.1 Å². The molecular weight excluding hydrogens is 308 g/mol. The fourth-order valence-electron chi connectivity index (χ4n) is 2.51. The molecule has 0 aliphatic heterocycles. The molecule has 0 fully saturated rings. The van der Waals surface area contributed by atoms with Gasteiger partial charge < -0.3 is 15.2 Å². The van der Waals surface area contributed by atoms with Crippen molar-refractivity contribution in [3.8, 4) is 5.75 Å². The maximum absolute atomic E-state index is 11.0. The number of benzene rings is 2. The van der Waals surface area contributed by atoms with Crippen LogP contribution in [0.3, 0.4) is 0 Å². The van der Waals surface area contributed by atoms with Gasteiger partial charge >= 0.3 is 5.69 Å². The third-order valence-corrected chi connectivity index (χ3v) is 3.86. The molecule has 2 rings (SSSR count). The van der Waals surface area contributed by atoms with Gasteiger partial charge in [-0.3, -0.25) is 10.1 Å². The second-order valence-electron chi connectivity index (χ2n) is 5.71. The number of aliphatic hydroxyl groups excluding tert-OH is 1. The summed E-state index contributed by atoms with van der Waals surface area (Å²) in [4.78, 5) is 10.6. The Kier molecular flexibility index (Phi) is 6.28. The number of rotatable bonds is 8. The molecule has 2 aromatic rings. The molecule has 24 heavy (non-hydrogen) atoms. The van der Waals surface area contributed by atoms with Crippen LogP contribution in [0, 0.1) is 10.1 Å². The van der Waals surface area contributed by atoms with Crippen LogP contribution in [0.25, 0.3) is 0 Å². The number of hydrogen-bond donors (Lipinski definition) is 2. The molecule has 2 aromatic carbocycles. The van der Waals surface area contributed by atoms with Crippen LogP contribution in [0.2, 0.25) is 0 Å². The van der Waals surface area contributed by atoms with Crippen molar-refractivity contribution in [3.05, 3.63) is 69.8 Å². The number of aliphatic hydroxyl groups is 1. The van der Waals surface area contributed by atoms with E-state index in [2.05, 4.69) is 5.32 Å². The number of nitro groups is 1. The van der Waals surface area contributed by atoms with Gasteiger partial charge in [-0.25, -0.2) is 0 Å². The lowest BCUT2D eigenvalue weighted by Crippen LogP contribution is -2.27. The zero-order valence-electron chi connectivity index (χ0n) is 13.8. The van der Waals surface area contributed by atoms with E-state index in [0.717, 1.165) is 11.1 Å². The summed E-state index contributed by atoms with van der Waals surface area (Å²) in [6, 6.07) is 14.4. The standard InChI is InChI=1S/C18H22N2O4/c1-13(10-17(21)15-6-4-3-5-7-15)19-12-14-8-9-18(24-2)16(11-14)20(22)23/h3-9,11,13,17,19,21H,10,12H2,1-2H3. The van der Waals surface area contributed by atoms with Gasteiger partial charge in [0.15, 0.2) is 5.75 Å². The molecule has 0 saturated carbocycles. The van der Waals surface area contributed by atoms with Crippen LogP contribution < -0.4 is 10.1 Å². The number of hydrogen-bond acceptors (Lipinski definition) is 5. The molecule has 6 heteroatoms. The van der Waals surface area contributed by atoms with E-state index in [0.29, 0.717) is 13.0 Å². The zero-order valence-corrected chi connectivity index (χ0v) is 13.8. The average molecular weight is 330 g/mol. The van der Waals surface area contributed by atoms with Gasteiger partial charge in [-0.15, -0.1) is 0 Å². The van der Waals surface area contributed by atoms with Gasteiger partial charge in [0, 0.05) is 18.7 Å². The normalized spacial score (nSPS) is 13.3. The van der Waals surface area contributed by atoms with Crippen molar-refractivity contribution in [1.29, 1.82) is 0 Å². The second-order valence-corrected chi connectivity index (χ2v) is 5.71. The minimum absolute atomic E-state index is 0.0474. The van der Waals surface area contributed by atoms with Crippen molar-refractivity contribution >= 4 is 5.69 Å². The van der Waals surface area contributed by atoms with E-state index in [4.69, 9.17) is 4.74 Å². The topological polar surface area (TPSA) is 84.6 Å². The third kappa shape index (κ3) is 4.78. The average Bonchev–Trinajstić information content (AvgIpc) is 2.60. The molecule has 0 amide bonds. The van der Waals surface area contributed by atoms with E-state index < -0.39 is 11.0 Å². The van der Waals surface area contributed by atoms with Crippen LogP contribution in [0.5, 0.6) is 5.75 Å². The van der Waals surface area contributed by atoms with Gasteiger partial charge in [-0.2, -0.15) is 0 Å². The molecule has 0 aliphatic carbocycles. The van der Waals surface area contributed by atoms with Crippen molar-refractivity contribution in [2.24, 2.45) is 0 Å². The lowest BCUT2D eigenvalue weighted by molar-refractivity contribution is -0.385. The van der Waals surface area contributed by atoms with Crippen LogP contribution in [0.1, 0.15) is 30.6 Å². The summed E-state index contributed by atoms with van der Waals surface area (Å²) in [7, 11) is 1.41. The number of methoxy groups -OCH3 is 1. The lowest BCUT2D eigenvalue weighted by Gasteiger charge is -2.18. The molecule has 128 valence electrons. The Bertz CT molecular complexity index is 676. The minimum atomic E-state index is -0.543. The SMILES string of the molecule is COc1ccc(CNC(C)CC(O)c2ccccc2)cc1[N+](=O)[O-]. The lowest BCUT2D eigenvalue weighted by atomic mass is 10.0. The number of nitrogens with one attached hydrogen (secondary N) is 1. The summed E-state index contributed by atoms with van der Waals surface area (Å²) < 4.78 is 4.99. The van der Waals surface area contributed by atoms with Crippen LogP contribution in [-0.2, 0) is 6.54 Å². The van der Waals surface area contributed by atoms with Crippen LogP contribution in [0.4, 0.5) is 5.69 Å². The van der Waals surface area contributed by atoms with Crippen LogP contribution >= 0.6 is 0 Å². The summed E-state index contributed by atoms with van der Waals surface area (Å²) in [6.07, 6.45) is 0.0151. The van der Waals surface area contributed by atoms with Crippen molar-refractivity contribution in [3.63, 3.8) is 0 Å². The highest BCUT2D eigenvalue weighted by molar-refractivity contribution is 5.48. The molecule has 0 radical (unpaired) electrons. The van der Waals surface area contributed by atoms with Gasteiger partial charge in [0.2, 0.25) is 0 Å². The van der Waals surface area contributed by atoms with E-state index in [9.17, 15) is 15.2 Å². The Hall–Kier alpha value is -2.44. The molecule has 0 bridgehead atoms.